The molecule has 2 aromatic rings. The number of amides is 1. The van der Waals surface area contributed by atoms with Gasteiger partial charge in [-0.3, -0.25) is 9.69 Å². The largest absolute Gasteiger partial charge is 0.493 e. The molecule has 2 aromatic carbocycles. The maximum absolute atomic E-state index is 12.5. The Kier molecular flexibility index (Phi) is 5.82. The molecular weight excluding hydrogens is 370 g/mol. The highest BCUT2D eigenvalue weighted by Crippen LogP contribution is 2.35. The number of fused-ring (bicyclic) bond motifs is 1. The van der Waals surface area contributed by atoms with Crippen LogP contribution < -0.4 is 14.2 Å². The van der Waals surface area contributed by atoms with E-state index in [0.29, 0.717) is 50.7 Å². The summed E-state index contributed by atoms with van der Waals surface area (Å²) in [5, 5.41) is 9.72. The van der Waals surface area contributed by atoms with E-state index >= 15 is 0 Å². The van der Waals surface area contributed by atoms with Crippen molar-refractivity contribution in [3.05, 3.63) is 54.1 Å². The van der Waals surface area contributed by atoms with E-state index in [1.54, 1.807) is 0 Å². The Hall–Kier alpha value is -3.24. The molecule has 0 aliphatic carbocycles. The quantitative estimate of drug-likeness (QED) is 0.751. The van der Waals surface area contributed by atoms with E-state index in [0.717, 1.165) is 11.3 Å². The van der Waals surface area contributed by atoms with E-state index in [2.05, 4.69) is 11.0 Å². The van der Waals surface area contributed by atoms with Gasteiger partial charge in [0.2, 0.25) is 12.7 Å². The summed E-state index contributed by atoms with van der Waals surface area (Å²) in [6.45, 7) is 3.08. The molecule has 0 aromatic heterocycles. The molecule has 1 atom stereocenters. The number of benzene rings is 2. The second-order valence-electron chi connectivity index (χ2n) is 6.97. The molecule has 7 heteroatoms. The first kappa shape index (κ1) is 19.1. The third-order valence-corrected chi connectivity index (χ3v) is 5.19. The number of para-hydroxylation sites is 1. The van der Waals surface area contributed by atoms with Crippen LogP contribution in [0.15, 0.2) is 48.5 Å². The van der Waals surface area contributed by atoms with Gasteiger partial charge in [0.05, 0.1) is 19.1 Å². The molecule has 0 N–H and O–H groups in total. The second-order valence-corrected chi connectivity index (χ2v) is 6.97. The molecule has 1 amide bonds. The molecular formula is C22H23N3O4. The standard InChI is InChI=1S/C22H23N3O4/c23-15-19(17-6-7-20-21(14-17)29-16-28-20)24-9-11-25(12-10-24)22(26)8-13-27-18-4-2-1-3-5-18/h1-7,14,19H,8-13,16H2. The van der Waals surface area contributed by atoms with Crippen molar-refractivity contribution in [2.75, 3.05) is 39.6 Å². The van der Waals surface area contributed by atoms with Gasteiger partial charge < -0.3 is 19.1 Å². The molecule has 1 saturated heterocycles. The number of hydrogen-bond donors (Lipinski definition) is 0. The van der Waals surface area contributed by atoms with E-state index in [9.17, 15) is 10.1 Å². The molecule has 0 saturated carbocycles. The zero-order valence-corrected chi connectivity index (χ0v) is 16.1. The van der Waals surface area contributed by atoms with Crippen LogP contribution in [0.25, 0.3) is 0 Å². The van der Waals surface area contributed by atoms with Gasteiger partial charge in [0, 0.05) is 26.2 Å². The van der Waals surface area contributed by atoms with Gasteiger partial charge >= 0.3 is 0 Å². The van der Waals surface area contributed by atoms with Gasteiger partial charge in [0.1, 0.15) is 11.8 Å². The Bertz CT molecular complexity index is 889. The number of carbonyl (C=O) groups excluding carboxylic acids is 1. The molecule has 1 fully saturated rings. The van der Waals surface area contributed by atoms with Gasteiger partial charge in [-0.1, -0.05) is 24.3 Å². The van der Waals surface area contributed by atoms with Crippen LogP contribution in [-0.4, -0.2) is 55.3 Å². The fourth-order valence-electron chi connectivity index (χ4n) is 3.61. The average Bonchev–Trinajstić information content (AvgIpc) is 3.23. The van der Waals surface area contributed by atoms with Gasteiger partial charge in [-0.15, -0.1) is 0 Å². The summed E-state index contributed by atoms with van der Waals surface area (Å²) in [6.07, 6.45) is 0.346. The van der Waals surface area contributed by atoms with Crippen LogP contribution in [0.4, 0.5) is 0 Å². The minimum atomic E-state index is -0.372. The maximum Gasteiger partial charge on any atom is 0.231 e. The monoisotopic (exact) mass is 393 g/mol. The van der Waals surface area contributed by atoms with Crippen LogP contribution in [0.2, 0.25) is 0 Å². The Morgan fingerprint density at radius 2 is 1.83 bits per heavy atom. The second kappa shape index (κ2) is 8.84. The van der Waals surface area contributed by atoms with E-state index in [4.69, 9.17) is 14.2 Å². The molecule has 0 spiro atoms. The first-order chi connectivity index (χ1) is 14.2. The molecule has 0 radical (unpaired) electrons. The topological polar surface area (TPSA) is 75.0 Å². The minimum Gasteiger partial charge on any atom is -0.493 e. The van der Waals surface area contributed by atoms with Crippen LogP contribution in [0.3, 0.4) is 0 Å². The number of carbonyl (C=O) groups is 1. The lowest BCUT2D eigenvalue weighted by atomic mass is 10.0. The molecule has 7 nitrogen and oxygen atoms in total. The Labute approximate surface area is 170 Å². The lowest BCUT2D eigenvalue weighted by Gasteiger charge is -2.37. The highest BCUT2D eigenvalue weighted by Gasteiger charge is 2.28. The summed E-state index contributed by atoms with van der Waals surface area (Å²) in [7, 11) is 0. The predicted molar refractivity (Wildman–Crippen MR) is 106 cm³/mol. The van der Waals surface area contributed by atoms with Gasteiger partial charge in [0.25, 0.3) is 0 Å². The highest BCUT2D eigenvalue weighted by atomic mass is 16.7. The van der Waals surface area contributed by atoms with Gasteiger partial charge in [-0.25, -0.2) is 0 Å². The van der Waals surface area contributed by atoms with Crippen molar-refractivity contribution in [2.45, 2.75) is 12.5 Å². The minimum absolute atomic E-state index is 0.0807. The van der Waals surface area contributed by atoms with Crippen molar-refractivity contribution in [1.29, 1.82) is 5.26 Å². The third kappa shape index (κ3) is 4.44. The molecule has 4 rings (SSSR count). The molecule has 1 unspecified atom stereocenters. The molecule has 2 aliphatic heterocycles. The van der Waals surface area contributed by atoms with Gasteiger partial charge in [-0.2, -0.15) is 5.26 Å². The molecule has 0 bridgehead atoms. The Morgan fingerprint density at radius 1 is 1.07 bits per heavy atom. The predicted octanol–water partition coefficient (Wildman–Crippen LogP) is 2.59. The fraction of sp³-hybridized carbons (Fsp3) is 0.364. The SMILES string of the molecule is N#CC(c1ccc2c(c1)OCO2)N1CCN(C(=O)CCOc2ccccc2)CC1. The fourth-order valence-corrected chi connectivity index (χ4v) is 3.61. The van der Waals surface area contributed by atoms with Crippen molar-refractivity contribution in [1.82, 2.24) is 9.80 Å². The van der Waals surface area contributed by atoms with Crippen molar-refractivity contribution in [3.8, 4) is 23.3 Å². The van der Waals surface area contributed by atoms with Gasteiger partial charge in [0.15, 0.2) is 11.5 Å². The molecule has 2 heterocycles. The van der Waals surface area contributed by atoms with E-state index in [-0.39, 0.29) is 18.7 Å². The summed E-state index contributed by atoms with van der Waals surface area (Å²) >= 11 is 0. The first-order valence-electron chi connectivity index (χ1n) is 9.73. The van der Waals surface area contributed by atoms with Crippen LogP contribution in [0.1, 0.15) is 18.0 Å². The summed E-state index contributed by atoms with van der Waals surface area (Å²) < 4.78 is 16.4. The normalized spacial score (nSPS) is 16.9. The smallest absolute Gasteiger partial charge is 0.231 e. The van der Waals surface area contributed by atoms with Crippen LogP contribution >= 0.6 is 0 Å². The lowest BCUT2D eigenvalue weighted by Crippen LogP contribution is -2.49. The van der Waals surface area contributed by atoms with E-state index in [1.165, 1.54) is 0 Å². The number of ether oxygens (including phenoxy) is 3. The zero-order valence-electron chi connectivity index (χ0n) is 16.1. The first-order valence-corrected chi connectivity index (χ1v) is 9.73. The maximum atomic E-state index is 12.5. The van der Waals surface area contributed by atoms with Crippen LogP contribution in [0.5, 0.6) is 17.2 Å². The summed E-state index contributed by atoms with van der Waals surface area (Å²) in [5.74, 6) is 2.23. The Balaban J connectivity index is 1.28. The van der Waals surface area contributed by atoms with Gasteiger partial charge in [-0.05, 0) is 29.8 Å². The molecule has 29 heavy (non-hydrogen) atoms. The van der Waals surface area contributed by atoms with Crippen LogP contribution in [0, 0.1) is 11.3 Å². The number of rotatable bonds is 6. The number of nitriles is 1. The van der Waals surface area contributed by atoms with E-state index < -0.39 is 0 Å². The van der Waals surface area contributed by atoms with Crippen molar-refractivity contribution < 1.29 is 19.0 Å². The molecule has 2 aliphatic rings. The zero-order chi connectivity index (χ0) is 20.1. The van der Waals surface area contributed by atoms with Crippen molar-refractivity contribution in [3.63, 3.8) is 0 Å². The Morgan fingerprint density at radius 3 is 2.59 bits per heavy atom. The average molecular weight is 393 g/mol. The number of piperazine rings is 1. The van der Waals surface area contributed by atoms with Crippen molar-refractivity contribution in [2.24, 2.45) is 0 Å². The lowest BCUT2D eigenvalue weighted by molar-refractivity contribution is -0.133. The summed E-state index contributed by atoms with van der Waals surface area (Å²) in [6, 6.07) is 17.1. The number of hydrogen-bond acceptors (Lipinski definition) is 6. The third-order valence-electron chi connectivity index (χ3n) is 5.19. The van der Waals surface area contributed by atoms with E-state index in [1.807, 2.05) is 53.4 Å². The highest BCUT2D eigenvalue weighted by molar-refractivity contribution is 5.76. The summed E-state index contributed by atoms with van der Waals surface area (Å²) in [4.78, 5) is 16.4. The number of nitrogens with zero attached hydrogens (tertiary/aromatic N) is 3. The molecule has 150 valence electrons. The van der Waals surface area contributed by atoms with Crippen molar-refractivity contribution >= 4 is 5.91 Å². The van der Waals surface area contributed by atoms with Crippen LogP contribution in [-0.2, 0) is 4.79 Å². The summed E-state index contributed by atoms with van der Waals surface area (Å²) in [5.41, 5.74) is 0.882.